The van der Waals surface area contributed by atoms with E-state index >= 15 is 0 Å². The van der Waals surface area contributed by atoms with Gasteiger partial charge in [0.25, 0.3) is 0 Å². The zero-order valence-corrected chi connectivity index (χ0v) is 12.2. The molecule has 3 rings (SSSR count). The van der Waals surface area contributed by atoms with Gasteiger partial charge in [0.15, 0.2) is 0 Å². The van der Waals surface area contributed by atoms with Crippen LogP contribution < -0.4 is 5.32 Å². The van der Waals surface area contributed by atoms with Crippen LogP contribution in [0.4, 0.5) is 11.5 Å². The second kappa shape index (κ2) is 6.31. The lowest BCUT2D eigenvalue weighted by atomic mass is 10.3. The predicted octanol–water partition coefficient (Wildman–Crippen LogP) is 2.29. The van der Waals surface area contributed by atoms with Crippen molar-refractivity contribution < 1.29 is 4.92 Å². The van der Waals surface area contributed by atoms with E-state index in [4.69, 9.17) is 0 Å². The van der Waals surface area contributed by atoms with Gasteiger partial charge in [-0.3, -0.25) is 14.7 Å². The molecule has 112 valence electrons. The lowest BCUT2D eigenvalue weighted by Crippen LogP contribution is -2.11. The molecule has 0 saturated carbocycles. The molecule has 3 aromatic heterocycles. The second-order valence-electron chi connectivity index (χ2n) is 4.38. The highest BCUT2D eigenvalue weighted by Crippen LogP contribution is 2.27. The maximum atomic E-state index is 11.4. The number of nitrogens with zero attached hydrogens (tertiary/aromatic N) is 5. The minimum absolute atomic E-state index is 0.160. The minimum atomic E-state index is -0.483. The molecule has 0 bridgehead atoms. The summed E-state index contributed by atoms with van der Waals surface area (Å²) in [6.07, 6.45) is 6.68. The first-order chi connectivity index (χ1) is 10.8. The molecule has 0 aliphatic rings. The predicted molar refractivity (Wildman–Crippen MR) is 82.3 cm³/mol. The maximum absolute atomic E-state index is 11.4. The molecule has 0 atom stereocenters. The van der Waals surface area contributed by atoms with E-state index in [1.165, 1.54) is 28.3 Å². The van der Waals surface area contributed by atoms with E-state index in [0.29, 0.717) is 6.54 Å². The molecule has 9 heteroatoms. The molecule has 0 saturated heterocycles. The Hall–Kier alpha value is -2.81. The van der Waals surface area contributed by atoms with Gasteiger partial charge in [0.05, 0.1) is 4.92 Å². The van der Waals surface area contributed by atoms with Crippen molar-refractivity contribution in [2.75, 3.05) is 11.9 Å². The average Bonchev–Trinajstić information content (AvgIpc) is 3.20. The van der Waals surface area contributed by atoms with E-state index in [-0.39, 0.29) is 17.3 Å². The summed E-state index contributed by atoms with van der Waals surface area (Å²) in [5.74, 6) is 0.399. The van der Waals surface area contributed by atoms with Crippen molar-refractivity contribution in [1.82, 2.24) is 19.5 Å². The van der Waals surface area contributed by atoms with Gasteiger partial charge in [0, 0.05) is 23.8 Å². The molecule has 0 unspecified atom stereocenters. The van der Waals surface area contributed by atoms with Gasteiger partial charge in [0.1, 0.15) is 12.7 Å². The van der Waals surface area contributed by atoms with Gasteiger partial charge in [-0.1, -0.05) is 6.07 Å². The molecule has 8 nitrogen and oxygen atoms in total. The number of hydrogen-bond acceptors (Lipinski definition) is 7. The standard InChI is InChI=1S/C13H12N6O2S/c20-19(21)11-12(15-4-3-10-2-1-7-22-10)16-8-17-13(11)18-6-5-14-9-18/h1-2,5-9H,3-4H2,(H,15,16,17). The first-order valence-electron chi connectivity index (χ1n) is 6.49. The second-order valence-corrected chi connectivity index (χ2v) is 5.41. The van der Waals surface area contributed by atoms with Gasteiger partial charge in [0.2, 0.25) is 11.6 Å². The van der Waals surface area contributed by atoms with Crippen LogP contribution in [0.5, 0.6) is 0 Å². The molecule has 0 aliphatic heterocycles. The average molecular weight is 316 g/mol. The van der Waals surface area contributed by atoms with E-state index < -0.39 is 4.92 Å². The highest BCUT2D eigenvalue weighted by molar-refractivity contribution is 7.09. The van der Waals surface area contributed by atoms with Crippen LogP contribution in [0, 0.1) is 10.1 Å². The first kappa shape index (κ1) is 14.1. The monoisotopic (exact) mass is 316 g/mol. The normalized spacial score (nSPS) is 10.5. The Morgan fingerprint density at radius 2 is 2.32 bits per heavy atom. The number of rotatable bonds is 6. The van der Waals surface area contributed by atoms with Crippen molar-refractivity contribution in [3.63, 3.8) is 0 Å². The third kappa shape index (κ3) is 2.93. The Labute approximate surface area is 129 Å². The molecule has 22 heavy (non-hydrogen) atoms. The third-order valence-corrected chi connectivity index (χ3v) is 3.91. The van der Waals surface area contributed by atoms with Crippen LogP contribution in [0.3, 0.4) is 0 Å². The summed E-state index contributed by atoms with van der Waals surface area (Å²) in [5.41, 5.74) is -0.160. The van der Waals surface area contributed by atoms with Crippen molar-refractivity contribution in [2.45, 2.75) is 6.42 Å². The van der Waals surface area contributed by atoms with Gasteiger partial charge < -0.3 is 5.32 Å². The van der Waals surface area contributed by atoms with E-state index in [1.807, 2.05) is 17.5 Å². The number of nitrogens with one attached hydrogen (secondary N) is 1. The van der Waals surface area contributed by atoms with Crippen LogP contribution in [0.2, 0.25) is 0 Å². The number of nitro groups is 1. The van der Waals surface area contributed by atoms with E-state index in [1.54, 1.807) is 17.5 Å². The van der Waals surface area contributed by atoms with Crippen molar-refractivity contribution >= 4 is 22.8 Å². The summed E-state index contributed by atoms with van der Waals surface area (Å²) in [5, 5.41) is 16.4. The Kier molecular flexibility index (Phi) is 4.05. The largest absolute Gasteiger partial charge is 0.364 e. The Morgan fingerprint density at radius 3 is 3.00 bits per heavy atom. The highest BCUT2D eigenvalue weighted by Gasteiger charge is 2.23. The fourth-order valence-corrected chi connectivity index (χ4v) is 2.71. The summed E-state index contributed by atoms with van der Waals surface area (Å²) in [6.45, 7) is 0.557. The maximum Gasteiger partial charge on any atom is 0.354 e. The van der Waals surface area contributed by atoms with Crippen molar-refractivity contribution in [3.8, 4) is 5.82 Å². The van der Waals surface area contributed by atoms with E-state index in [9.17, 15) is 10.1 Å². The molecule has 0 aliphatic carbocycles. The van der Waals surface area contributed by atoms with Crippen LogP contribution in [-0.2, 0) is 6.42 Å². The highest BCUT2D eigenvalue weighted by atomic mass is 32.1. The van der Waals surface area contributed by atoms with Crippen molar-refractivity contribution in [2.24, 2.45) is 0 Å². The van der Waals surface area contributed by atoms with Crippen LogP contribution in [0.15, 0.2) is 42.6 Å². The quantitative estimate of drug-likeness (QED) is 0.553. The fourth-order valence-electron chi connectivity index (χ4n) is 2.00. The van der Waals surface area contributed by atoms with Crippen molar-refractivity contribution in [3.05, 3.63) is 57.6 Å². The zero-order chi connectivity index (χ0) is 15.4. The molecule has 0 radical (unpaired) electrons. The SMILES string of the molecule is O=[N+]([O-])c1c(NCCc2cccs2)ncnc1-n1ccnc1. The van der Waals surface area contributed by atoms with Gasteiger partial charge in [-0.15, -0.1) is 11.3 Å². The Morgan fingerprint density at radius 1 is 1.41 bits per heavy atom. The van der Waals surface area contributed by atoms with Crippen LogP contribution in [0.25, 0.3) is 5.82 Å². The summed E-state index contributed by atoms with van der Waals surface area (Å²) >= 11 is 1.65. The lowest BCUT2D eigenvalue weighted by molar-refractivity contribution is -0.384. The molecular formula is C13H12N6O2S. The molecule has 1 N–H and O–H groups in total. The van der Waals surface area contributed by atoms with E-state index in [2.05, 4.69) is 20.3 Å². The Balaban J connectivity index is 1.84. The van der Waals surface area contributed by atoms with Gasteiger partial charge in [-0.05, 0) is 17.9 Å². The molecule has 0 amide bonds. The summed E-state index contributed by atoms with van der Waals surface area (Å²) in [4.78, 5) is 24.0. The smallest absolute Gasteiger partial charge is 0.354 e. The molecule has 0 spiro atoms. The number of anilines is 1. The zero-order valence-electron chi connectivity index (χ0n) is 11.4. The fraction of sp³-hybridized carbons (Fsp3) is 0.154. The third-order valence-electron chi connectivity index (χ3n) is 2.98. The van der Waals surface area contributed by atoms with Gasteiger partial charge in [-0.2, -0.15) is 0 Å². The summed E-state index contributed by atoms with van der Waals surface area (Å²) in [7, 11) is 0. The summed E-state index contributed by atoms with van der Waals surface area (Å²) in [6, 6.07) is 4.00. The molecule has 0 aromatic carbocycles. The lowest BCUT2D eigenvalue weighted by Gasteiger charge is -2.08. The molecule has 3 aromatic rings. The number of aromatic nitrogens is 4. The molecule has 0 fully saturated rings. The number of imidazole rings is 1. The summed E-state index contributed by atoms with van der Waals surface area (Å²) < 4.78 is 1.49. The van der Waals surface area contributed by atoms with E-state index in [0.717, 1.165) is 6.42 Å². The van der Waals surface area contributed by atoms with Crippen LogP contribution in [-0.4, -0.2) is 31.0 Å². The number of thiophene rings is 1. The van der Waals surface area contributed by atoms with Gasteiger partial charge >= 0.3 is 5.69 Å². The molecule has 3 heterocycles. The topological polar surface area (TPSA) is 98.8 Å². The Bertz CT molecular complexity index is 757. The van der Waals surface area contributed by atoms with Crippen molar-refractivity contribution in [1.29, 1.82) is 0 Å². The molecular weight excluding hydrogens is 304 g/mol. The minimum Gasteiger partial charge on any atom is -0.364 e. The van der Waals surface area contributed by atoms with Crippen LogP contribution >= 0.6 is 11.3 Å². The first-order valence-corrected chi connectivity index (χ1v) is 7.37. The van der Waals surface area contributed by atoms with Gasteiger partial charge in [-0.25, -0.2) is 15.0 Å². The van der Waals surface area contributed by atoms with Crippen LogP contribution in [0.1, 0.15) is 4.88 Å². The number of hydrogen-bond donors (Lipinski definition) is 1.